The molecule has 1 aliphatic rings. The van der Waals surface area contributed by atoms with Crippen LogP contribution in [0.3, 0.4) is 0 Å². The molecule has 0 atom stereocenters. The van der Waals surface area contributed by atoms with Crippen molar-refractivity contribution in [2.75, 3.05) is 21.3 Å². The minimum absolute atomic E-state index is 0.100. The zero-order valence-electron chi connectivity index (χ0n) is 12.8. The fourth-order valence-corrected chi connectivity index (χ4v) is 2.54. The third kappa shape index (κ3) is 2.35. The summed E-state index contributed by atoms with van der Waals surface area (Å²) in [5.41, 5.74) is 0.202. The molecule has 116 valence electrons. The fraction of sp³-hybridized carbons (Fsp3) is 0.375. The van der Waals surface area contributed by atoms with Gasteiger partial charge in [0.15, 0.2) is 0 Å². The molecule has 22 heavy (non-hydrogen) atoms. The summed E-state index contributed by atoms with van der Waals surface area (Å²) in [6.45, 7) is 0. The molecule has 0 aliphatic heterocycles. The second-order valence-electron chi connectivity index (χ2n) is 5.37. The maximum absolute atomic E-state index is 12.8. The minimum atomic E-state index is -0.337. The molecule has 0 N–H and O–H groups in total. The van der Waals surface area contributed by atoms with Gasteiger partial charge in [0.05, 0.1) is 14.2 Å². The first-order valence-electron chi connectivity index (χ1n) is 7.12. The van der Waals surface area contributed by atoms with Crippen LogP contribution in [0.5, 0.6) is 5.75 Å². The molecule has 1 heterocycles. The van der Waals surface area contributed by atoms with Crippen LogP contribution in [0.25, 0.3) is 10.8 Å². The van der Waals surface area contributed by atoms with Gasteiger partial charge < -0.3 is 9.30 Å². The van der Waals surface area contributed by atoms with Crippen LogP contribution in [0.15, 0.2) is 29.1 Å². The maximum Gasteiger partial charge on any atom is 0.293 e. The van der Waals surface area contributed by atoms with Crippen molar-refractivity contribution in [3.63, 3.8) is 0 Å². The molecule has 1 amide bonds. The van der Waals surface area contributed by atoms with E-state index in [1.165, 1.54) is 14.2 Å². The van der Waals surface area contributed by atoms with Crippen molar-refractivity contribution in [1.29, 1.82) is 0 Å². The van der Waals surface area contributed by atoms with Gasteiger partial charge in [-0.15, -0.1) is 0 Å². The molecule has 1 aromatic carbocycles. The highest BCUT2D eigenvalue weighted by atomic mass is 16.7. The number of carbonyl (C=O) groups excluding carboxylic acids is 1. The van der Waals surface area contributed by atoms with Gasteiger partial charge in [-0.25, -0.2) is 5.06 Å². The predicted octanol–water partition coefficient (Wildman–Crippen LogP) is 1.98. The molecule has 1 saturated carbocycles. The first-order valence-corrected chi connectivity index (χ1v) is 7.12. The van der Waals surface area contributed by atoms with E-state index in [1.54, 1.807) is 35.9 Å². The summed E-state index contributed by atoms with van der Waals surface area (Å²) in [5, 5.41) is 2.40. The lowest BCUT2D eigenvalue weighted by Crippen LogP contribution is -2.33. The van der Waals surface area contributed by atoms with Crippen LogP contribution in [-0.4, -0.2) is 36.8 Å². The fourth-order valence-electron chi connectivity index (χ4n) is 2.54. The molecule has 6 heteroatoms. The number of fused-ring (bicyclic) bond motifs is 1. The Morgan fingerprint density at radius 1 is 1.27 bits per heavy atom. The monoisotopic (exact) mass is 302 g/mol. The van der Waals surface area contributed by atoms with E-state index in [4.69, 9.17) is 9.57 Å². The number of hydrogen-bond acceptors (Lipinski definition) is 4. The quantitative estimate of drug-likeness (QED) is 0.810. The van der Waals surface area contributed by atoms with E-state index in [2.05, 4.69) is 0 Å². The molecular weight excluding hydrogens is 284 g/mol. The molecule has 2 aromatic rings. The van der Waals surface area contributed by atoms with E-state index in [0.29, 0.717) is 22.2 Å². The summed E-state index contributed by atoms with van der Waals surface area (Å²) in [4.78, 5) is 30.2. The van der Waals surface area contributed by atoms with Crippen LogP contribution in [0.1, 0.15) is 29.4 Å². The van der Waals surface area contributed by atoms with Crippen LogP contribution >= 0.6 is 0 Å². The summed E-state index contributed by atoms with van der Waals surface area (Å²) >= 11 is 0. The van der Waals surface area contributed by atoms with Gasteiger partial charge in [0.2, 0.25) is 0 Å². The summed E-state index contributed by atoms with van der Waals surface area (Å²) in [6, 6.07) is 7.09. The second kappa shape index (κ2) is 5.46. The van der Waals surface area contributed by atoms with E-state index >= 15 is 0 Å². The molecule has 1 aliphatic carbocycles. The number of ether oxygens (including phenoxy) is 1. The zero-order chi connectivity index (χ0) is 15.9. The van der Waals surface area contributed by atoms with Gasteiger partial charge in [-0.3, -0.25) is 14.4 Å². The molecule has 0 saturated heterocycles. The lowest BCUT2D eigenvalue weighted by atomic mass is 10.1. The molecule has 1 aromatic heterocycles. The Morgan fingerprint density at radius 3 is 2.59 bits per heavy atom. The lowest BCUT2D eigenvalue weighted by Gasteiger charge is -2.18. The van der Waals surface area contributed by atoms with Crippen LogP contribution < -0.4 is 10.3 Å². The van der Waals surface area contributed by atoms with Crippen LogP contribution in [0.4, 0.5) is 0 Å². The molecule has 0 unspecified atom stereocenters. The van der Waals surface area contributed by atoms with Crippen molar-refractivity contribution in [2.45, 2.75) is 18.9 Å². The van der Waals surface area contributed by atoms with Crippen LogP contribution in [-0.2, 0) is 4.84 Å². The number of pyridine rings is 1. The number of aromatic nitrogens is 1. The number of rotatable bonds is 4. The largest absolute Gasteiger partial charge is 0.497 e. The minimum Gasteiger partial charge on any atom is -0.497 e. The smallest absolute Gasteiger partial charge is 0.293 e. The Balaban J connectivity index is 2.26. The highest BCUT2D eigenvalue weighted by Gasteiger charge is 2.30. The number of nitrogens with zero attached hydrogens (tertiary/aromatic N) is 2. The molecule has 1 fully saturated rings. The Bertz CT molecular complexity index is 793. The van der Waals surface area contributed by atoms with Gasteiger partial charge in [-0.2, -0.15) is 0 Å². The highest BCUT2D eigenvalue weighted by molar-refractivity contribution is 5.96. The Labute approximate surface area is 127 Å². The van der Waals surface area contributed by atoms with Crippen molar-refractivity contribution >= 4 is 16.7 Å². The molecule has 0 radical (unpaired) electrons. The molecule has 3 rings (SSSR count). The molecule has 0 bridgehead atoms. The number of benzene rings is 1. The average molecular weight is 302 g/mol. The Morgan fingerprint density at radius 2 is 2.00 bits per heavy atom. The zero-order valence-corrected chi connectivity index (χ0v) is 12.8. The first-order chi connectivity index (χ1) is 10.6. The van der Waals surface area contributed by atoms with Gasteiger partial charge in [0, 0.05) is 18.5 Å². The molecule has 0 spiro atoms. The van der Waals surface area contributed by atoms with Crippen LogP contribution in [0.2, 0.25) is 0 Å². The average Bonchev–Trinajstić information content (AvgIpc) is 3.37. The van der Waals surface area contributed by atoms with E-state index in [0.717, 1.165) is 17.9 Å². The van der Waals surface area contributed by atoms with E-state index < -0.39 is 0 Å². The number of hydrogen-bond donors (Lipinski definition) is 0. The molecule has 6 nitrogen and oxygen atoms in total. The topological polar surface area (TPSA) is 60.8 Å². The number of carbonyl (C=O) groups is 1. The maximum atomic E-state index is 12.8. The van der Waals surface area contributed by atoms with Crippen molar-refractivity contribution in [3.05, 3.63) is 40.3 Å². The summed E-state index contributed by atoms with van der Waals surface area (Å²) < 4.78 is 6.78. The van der Waals surface area contributed by atoms with E-state index in [-0.39, 0.29) is 17.5 Å². The second-order valence-corrected chi connectivity index (χ2v) is 5.37. The van der Waals surface area contributed by atoms with Crippen molar-refractivity contribution < 1.29 is 14.4 Å². The SMILES string of the molecule is COc1ccc2c(=O)n(C3CC3)c(C(=O)N(C)OC)cc2c1. The number of hydroxylamine groups is 2. The van der Waals surface area contributed by atoms with Gasteiger partial charge in [-0.1, -0.05) is 0 Å². The number of amides is 1. The third-order valence-corrected chi connectivity index (χ3v) is 3.95. The predicted molar refractivity (Wildman–Crippen MR) is 82.1 cm³/mol. The van der Waals surface area contributed by atoms with Gasteiger partial charge in [-0.05, 0) is 42.5 Å². The first kappa shape index (κ1) is 14.6. The Kier molecular flexibility index (Phi) is 3.62. The number of methoxy groups -OCH3 is 1. The Hall–Kier alpha value is -2.34. The van der Waals surface area contributed by atoms with E-state index in [1.807, 2.05) is 0 Å². The van der Waals surface area contributed by atoms with Gasteiger partial charge >= 0.3 is 0 Å². The van der Waals surface area contributed by atoms with Gasteiger partial charge in [0.1, 0.15) is 11.4 Å². The highest BCUT2D eigenvalue weighted by Crippen LogP contribution is 2.35. The summed E-state index contributed by atoms with van der Waals surface area (Å²) in [6.07, 6.45) is 1.83. The summed E-state index contributed by atoms with van der Waals surface area (Å²) in [7, 11) is 4.51. The van der Waals surface area contributed by atoms with Crippen LogP contribution in [0, 0.1) is 0 Å². The van der Waals surface area contributed by atoms with E-state index in [9.17, 15) is 9.59 Å². The standard InChI is InChI=1S/C16H18N2O4/c1-17(22-3)16(20)14-9-10-8-12(21-2)6-7-13(10)15(19)18(14)11-4-5-11/h6-9,11H,4-5H2,1-3H3. The van der Waals surface area contributed by atoms with Crippen molar-refractivity contribution in [2.24, 2.45) is 0 Å². The third-order valence-electron chi connectivity index (χ3n) is 3.95. The summed E-state index contributed by atoms with van der Waals surface area (Å²) in [5.74, 6) is 0.311. The normalized spacial score (nSPS) is 14.1. The van der Waals surface area contributed by atoms with Crippen molar-refractivity contribution in [1.82, 2.24) is 9.63 Å². The van der Waals surface area contributed by atoms with Gasteiger partial charge in [0.25, 0.3) is 11.5 Å². The molecular formula is C16H18N2O4. The van der Waals surface area contributed by atoms with Crippen molar-refractivity contribution in [3.8, 4) is 5.75 Å². The lowest BCUT2D eigenvalue weighted by molar-refractivity contribution is -0.0763.